The summed E-state index contributed by atoms with van der Waals surface area (Å²) >= 11 is 0. The van der Waals surface area contributed by atoms with Crippen molar-refractivity contribution in [3.05, 3.63) is 36.5 Å². The third-order valence-corrected chi connectivity index (χ3v) is 4.07. The molecule has 0 radical (unpaired) electrons. The third-order valence-electron chi connectivity index (χ3n) is 4.07. The molecule has 0 bridgehead atoms. The van der Waals surface area contributed by atoms with E-state index < -0.39 is 0 Å². The molecule has 1 fully saturated rings. The Hall–Kier alpha value is -1.32. The van der Waals surface area contributed by atoms with Gasteiger partial charge < -0.3 is 9.88 Å². The van der Waals surface area contributed by atoms with Crippen LogP contribution in [-0.2, 0) is 0 Å². The largest absolute Gasteiger partial charge is 0.331 e. The minimum absolute atomic E-state index is 0.506. The first-order chi connectivity index (χ1) is 9.40. The van der Waals surface area contributed by atoms with E-state index in [4.69, 9.17) is 0 Å². The van der Waals surface area contributed by atoms with Crippen LogP contribution in [0.4, 0.5) is 0 Å². The highest BCUT2D eigenvalue weighted by atomic mass is 15.3. The van der Waals surface area contributed by atoms with E-state index >= 15 is 0 Å². The molecule has 3 rings (SSSR count). The van der Waals surface area contributed by atoms with Gasteiger partial charge in [0.15, 0.2) is 0 Å². The first-order valence-electron chi connectivity index (χ1n) is 7.40. The number of fused-ring (bicyclic) bond motifs is 1. The maximum Gasteiger partial charge on any atom is 0.0865 e. The van der Waals surface area contributed by atoms with Crippen molar-refractivity contribution in [1.29, 1.82) is 0 Å². The Morgan fingerprint density at radius 2 is 1.95 bits per heavy atom. The van der Waals surface area contributed by atoms with E-state index in [0.717, 1.165) is 26.2 Å². The lowest BCUT2D eigenvalue weighted by Gasteiger charge is -2.36. The Kier molecular flexibility index (Phi) is 3.85. The Morgan fingerprint density at radius 3 is 2.74 bits per heavy atom. The number of hydrogen-bond donors (Lipinski definition) is 1. The molecule has 0 saturated carbocycles. The van der Waals surface area contributed by atoms with E-state index in [1.165, 1.54) is 23.7 Å². The fourth-order valence-corrected chi connectivity index (χ4v) is 3.10. The minimum atomic E-state index is 0.506. The molecule has 1 N–H and O–H groups in total. The Bertz CT molecular complexity index is 526. The van der Waals surface area contributed by atoms with Gasteiger partial charge in [-0.15, -0.1) is 0 Å². The summed E-state index contributed by atoms with van der Waals surface area (Å²) < 4.78 is 2.46. The lowest BCUT2D eigenvalue weighted by atomic mass is 10.2. The van der Waals surface area contributed by atoms with Gasteiger partial charge in [0, 0.05) is 37.9 Å². The number of rotatable bonds is 4. The van der Waals surface area contributed by atoms with Gasteiger partial charge in [-0.3, -0.25) is 4.90 Å². The molecular weight excluding hydrogens is 234 g/mol. The van der Waals surface area contributed by atoms with Gasteiger partial charge in [-0.2, -0.15) is 0 Å². The summed E-state index contributed by atoms with van der Waals surface area (Å²) in [6.45, 7) is 6.80. The maximum absolute atomic E-state index is 3.44. The Labute approximate surface area is 115 Å². The third kappa shape index (κ3) is 2.53. The van der Waals surface area contributed by atoms with E-state index in [0.29, 0.717) is 6.17 Å². The summed E-state index contributed by atoms with van der Waals surface area (Å²) in [6.07, 6.45) is 5.21. The minimum Gasteiger partial charge on any atom is -0.331 e. The molecule has 1 aromatic heterocycles. The smallest absolute Gasteiger partial charge is 0.0865 e. The van der Waals surface area contributed by atoms with Crippen LogP contribution >= 0.6 is 0 Å². The molecule has 2 aromatic rings. The van der Waals surface area contributed by atoms with Crippen LogP contribution in [0.5, 0.6) is 0 Å². The van der Waals surface area contributed by atoms with Crippen LogP contribution in [0, 0.1) is 0 Å². The van der Waals surface area contributed by atoms with Crippen LogP contribution in [0.15, 0.2) is 36.5 Å². The number of nitrogens with zero attached hydrogens (tertiary/aromatic N) is 2. The number of benzene rings is 1. The second-order valence-corrected chi connectivity index (χ2v) is 5.34. The lowest BCUT2D eigenvalue weighted by Crippen LogP contribution is -2.46. The van der Waals surface area contributed by atoms with Gasteiger partial charge in [0.1, 0.15) is 0 Å². The SMILES string of the molecule is CCCC(N1CCNCC1)n1ccc2ccccc21. The average molecular weight is 257 g/mol. The monoisotopic (exact) mass is 257 g/mol. The topological polar surface area (TPSA) is 20.2 Å². The van der Waals surface area contributed by atoms with Gasteiger partial charge in [-0.05, 0) is 23.9 Å². The molecule has 3 nitrogen and oxygen atoms in total. The zero-order valence-electron chi connectivity index (χ0n) is 11.7. The highest BCUT2D eigenvalue weighted by Gasteiger charge is 2.21. The normalized spacial score (nSPS) is 18.8. The van der Waals surface area contributed by atoms with E-state index in [-0.39, 0.29) is 0 Å². The summed E-state index contributed by atoms with van der Waals surface area (Å²) in [5.41, 5.74) is 1.36. The second-order valence-electron chi connectivity index (χ2n) is 5.34. The number of para-hydroxylation sites is 1. The van der Waals surface area contributed by atoms with Crippen molar-refractivity contribution < 1.29 is 0 Å². The van der Waals surface area contributed by atoms with Crippen LogP contribution in [0.2, 0.25) is 0 Å². The fourth-order valence-electron chi connectivity index (χ4n) is 3.10. The van der Waals surface area contributed by atoms with Gasteiger partial charge in [-0.25, -0.2) is 0 Å². The molecular formula is C16H23N3. The Balaban J connectivity index is 1.94. The molecule has 1 saturated heterocycles. The highest BCUT2D eigenvalue weighted by molar-refractivity contribution is 5.80. The Morgan fingerprint density at radius 1 is 1.16 bits per heavy atom. The molecule has 1 aromatic carbocycles. The van der Waals surface area contributed by atoms with Gasteiger partial charge in [0.05, 0.1) is 6.17 Å². The fraction of sp³-hybridized carbons (Fsp3) is 0.500. The van der Waals surface area contributed by atoms with Crippen LogP contribution in [-0.4, -0.2) is 35.6 Å². The predicted molar refractivity (Wildman–Crippen MR) is 80.3 cm³/mol. The molecule has 1 aliphatic rings. The lowest BCUT2D eigenvalue weighted by molar-refractivity contribution is 0.116. The zero-order chi connectivity index (χ0) is 13.1. The van der Waals surface area contributed by atoms with Crippen molar-refractivity contribution >= 4 is 10.9 Å². The molecule has 0 spiro atoms. The maximum atomic E-state index is 3.44. The molecule has 1 aliphatic heterocycles. The van der Waals surface area contributed by atoms with Gasteiger partial charge in [0.25, 0.3) is 0 Å². The highest BCUT2D eigenvalue weighted by Crippen LogP contribution is 2.26. The summed E-state index contributed by atoms with van der Waals surface area (Å²) in [5, 5.41) is 4.79. The van der Waals surface area contributed by atoms with E-state index in [1.807, 2.05) is 0 Å². The van der Waals surface area contributed by atoms with Crippen LogP contribution in [0.1, 0.15) is 25.9 Å². The van der Waals surface area contributed by atoms with Crippen molar-refractivity contribution in [2.45, 2.75) is 25.9 Å². The first-order valence-corrected chi connectivity index (χ1v) is 7.40. The quantitative estimate of drug-likeness (QED) is 0.909. The van der Waals surface area contributed by atoms with Crippen LogP contribution in [0.25, 0.3) is 10.9 Å². The number of hydrogen-bond acceptors (Lipinski definition) is 2. The molecule has 102 valence electrons. The molecule has 1 unspecified atom stereocenters. The molecule has 2 heterocycles. The zero-order valence-corrected chi connectivity index (χ0v) is 11.7. The molecule has 0 amide bonds. The van der Waals surface area contributed by atoms with Crippen molar-refractivity contribution in [3.63, 3.8) is 0 Å². The number of aromatic nitrogens is 1. The van der Waals surface area contributed by atoms with E-state index in [1.54, 1.807) is 0 Å². The predicted octanol–water partition coefficient (Wildman–Crippen LogP) is 2.85. The molecule has 3 heteroatoms. The second kappa shape index (κ2) is 5.76. The van der Waals surface area contributed by atoms with Gasteiger partial charge in [0.2, 0.25) is 0 Å². The van der Waals surface area contributed by atoms with E-state index in [9.17, 15) is 0 Å². The number of nitrogens with one attached hydrogen (secondary N) is 1. The summed E-state index contributed by atoms with van der Waals surface area (Å²) in [7, 11) is 0. The van der Waals surface area contributed by atoms with Crippen LogP contribution < -0.4 is 5.32 Å². The molecule has 19 heavy (non-hydrogen) atoms. The van der Waals surface area contributed by atoms with Crippen molar-refractivity contribution in [1.82, 2.24) is 14.8 Å². The van der Waals surface area contributed by atoms with Crippen LogP contribution in [0.3, 0.4) is 0 Å². The van der Waals surface area contributed by atoms with Crippen molar-refractivity contribution in [3.8, 4) is 0 Å². The van der Waals surface area contributed by atoms with Crippen molar-refractivity contribution in [2.75, 3.05) is 26.2 Å². The summed E-state index contributed by atoms with van der Waals surface area (Å²) in [5.74, 6) is 0. The van der Waals surface area contributed by atoms with E-state index in [2.05, 4.69) is 58.2 Å². The number of piperazine rings is 1. The molecule has 0 aliphatic carbocycles. The average Bonchev–Trinajstić information content (AvgIpc) is 2.89. The summed E-state index contributed by atoms with van der Waals surface area (Å²) in [4.78, 5) is 2.62. The first kappa shape index (κ1) is 12.7. The standard InChI is InChI=1S/C16H23N3/c1-2-5-16(18-12-9-17-10-13-18)19-11-8-14-6-3-4-7-15(14)19/h3-4,6-8,11,16-17H,2,5,9-10,12-13H2,1H3. The summed E-state index contributed by atoms with van der Waals surface area (Å²) in [6, 6.07) is 10.9. The van der Waals surface area contributed by atoms with Gasteiger partial charge in [-0.1, -0.05) is 31.5 Å². The van der Waals surface area contributed by atoms with Gasteiger partial charge >= 0.3 is 0 Å². The van der Waals surface area contributed by atoms with Crippen molar-refractivity contribution in [2.24, 2.45) is 0 Å². The molecule has 1 atom stereocenters.